The molecular weight excluding hydrogens is 298 g/mol. The van der Waals surface area contributed by atoms with E-state index >= 15 is 0 Å². The summed E-state index contributed by atoms with van der Waals surface area (Å²) in [5, 5.41) is 11.3. The summed E-state index contributed by atoms with van der Waals surface area (Å²) in [5.74, 6) is 0.866. The minimum atomic E-state index is 0.477. The zero-order valence-electron chi connectivity index (χ0n) is 14.6. The van der Waals surface area contributed by atoms with E-state index in [4.69, 9.17) is 0 Å². The van der Waals surface area contributed by atoms with Crippen molar-refractivity contribution in [3.8, 4) is 5.69 Å². The van der Waals surface area contributed by atoms with Gasteiger partial charge in [0.15, 0.2) is 5.96 Å². The fourth-order valence-corrected chi connectivity index (χ4v) is 3.30. The van der Waals surface area contributed by atoms with Crippen molar-refractivity contribution in [3.05, 3.63) is 48.3 Å². The molecule has 1 saturated carbocycles. The summed E-state index contributed by atoms with van der Waals surface area (Å²) >= 11 is 0. The third-order valence-corrected chi connectivity index (χ3v) is 5.21. The highest BCUT2D eigenvalue weighted by atomic mass is 15.3. The SMILES string of the molecule is CCC1(CNC(=NC)NCc2ccccc2-n2cccn2)CCC1. The Hall–Kier alpha value is -2.30. The van der Waals surface area contributed by atoms with Crippen LogP contribution in [-0.4, -0.2) is 29.3 Å². The maximum atomic E-state index is 4.36. The van der Waals surface area contributed by atoms with Gasteiger partial charge in [0.25, 0.3) is 0 Å². The molecule has 1 aliphatic rings. The van der Waals surface area contributed by atoms with Crippen molar-refractivity contribution in [2.24, 2.45) is 10.4 Å². The molecule has 1 aromatic carbocycles. The smallest absolute Gasteiger partial charge is 0.191 e. The maximum absolute atomic E-state index is 4.36. The van der Waals surface area contributed by atoms with Gasteiger partial charge in [0.05, 0.1) is 5.69 Å². The number of aromatic nitrogens is 2. The van der Waals surface area contributed by atoms with E-state index in [1.54, 1.807) is 6.20 Å². The molecule has 0 bridgehead atoms. The molecule has 0 unspecified atom stereocenters. The summed E-state index contributed by atoms with van der Waals surface area (Å²) in [6, 6.07) is 10.2. The van der Waals surface area contributed by atoms with Crippen LogP contribution in [0, 0.1) is 5.41 Å². The number of guanidine groups is 1. The van der Waals surface area contributed by atoms with Crippen molar-refractivity contribution in [1.82, 2.24) is 20.4 Å². The summed E-state index contributed by atoms with van der Waals surface area (Å²) in [6.45, 7) is 4.01. The second-order valence-corrected chi connectivity index (χ2v) is 6.57. The highest BCUT2D eigenvalue weighted by Crippen LogP contribution is 2.42. The Morgan fingerprint density at radius 2 is 2.08 bits per heavy atom. The average molecular weight is 325 g/mol. The second kappa shape index (κ2) is 7.51. The van der Waals surface area contributed by atoms with Gasteiger partial charge in [0, 0.05) is 32.5 Å². The third-order valence-electron chi connectivity index (χ3n) is 5.21. The van der Waals surface area contributed by atoms with Gasteiger partial charge in [-0.2, -0.15) is 5.10 Å². The van der Waals surface area contributed by atoms with Crippen molar-refractivity contribution in [2.75, 3.05) is 13.6 Å². The maximum Gasteiger partial charge on any atom is 0.191 e. The molecule has 0 radical (unpaired) electrons. The highest BCUT2D eigenvalue weighted by Gasteiger charge is 2.34. The normalized spacial score (nSPS) is 16.5. The monoisotopic (exact) mass is 325 g/mol. The Bertz CT molecular complexity index is 665. The zero-order valence-corrected chi connectivity index (χ0v) is 14.6. The van der Waals surface area contributed by atoms with Gasteiger partial charge in [-0.15, -0.1) is 0 Å². The van der Waals surface area contributed by atoms with Crippen LogP contribution >= 0.6 is 0 Å². The van der Waals surface area contributed by atoms with Crippen LogP contribution < -0.4 is 10.6 Å². The number of hydrogen-bond donors (Lipinski definition) is 2. The molecule has 5 heteroatoms. The summed E-state index contributed by atoms with van der Waals surface area (Å²) in [5.41, 5.74) is 2.76. The van der Waals surface area contributed by atoms with Gasteiger partial charge in [-0.25, -0.2) is 4.68 Å². The zero-order chi connectivity index (χ0) is 16.8. The molecule has 3 rings (SSSR count). The van der Waals surface area contributed by atoms with Gasteiger partial charge >= 0.3 is 0 Å². The van der Waals surface area contributed by atoms with Gasteiger partial charge in [-0.3, -0.25) is 4.99 Å². The van der Waals surface area contributed by atoms with Gasteiger partial charge in [-0.05, 0) is 42.4 Å². The van der Waals surface area contributed by atoms with Crippen LogP contribution in [0.25, 0.3) is 5.69 Å². The van der Waals surface area contributed by atoms with Crippen molar-refractivity contribution < 1.29 is 0 Å². The molecule has 5 nitrogen and oxygen atoms in total. The molecule has 0 atom stereocenters. The van der Waals surface area contributed by atoms with Crippen LogP contribution in [0.15, 0.2) is 47.7 Å². The summed E-state index contributed by atoms with van der Waals surface area (Å²) < 4.78 is 1.90. The number of aliphatic imine (C=N–C) groups is 1. The molecule has 0 saturated heterocycles. The van der Waals surface area contributed by atoms with Crippen LogP contribution in [0.3, 0.4) is 0 Å². The Labute approximate surface area is 144 Å². The first kappa shape index (κ1) is 16.6. The van der Waals surface area contributed by atoms with Crippen molar-refractivity contribution in [1.29, 1.82) is 0 Å². The molecule has 1 aliphatic carbocycles. The number of benzene rings is 1. The number of nitrogens with one attached hydrogen (secondary N) is 2. The van der Waals surface area contributed by atoms with E-state index in [0.29, 0.717) is 5.41 Å². The lowest BCUT2D eigenvalue weighted by Crippen LogP contribution is -2.46. The predicted molar refractivity (Wildman–Crippen MR) is 98.3 cm³/mol. The van der Waals surface area contributed by atoms with E-state index in [-0.39, 0.29) is 0 Å². The quantitative estimate of drug-likeness (QED) is 0.634. The largest absolute Gasteiger partial charge is 0.356 e. The fraction of sp³-hybridized carbons (Fsp3) is 0.474. The molecule has 1 aromatic heterocycles. The minimum Gasteiger partial charge on any atom is -0.356 e. The van der Waals surface area contributed by atoms with E-state index in [1.807, 2.05) is 30.1 Å². The lowest BCUT2D eigenvalue weighted by molar-refractivity contribution is 0.131. The summed E-state index contributed by atoms with van der Waals surface area (Å²) in [6.07, 6.45) is 9.02. The van der Waals surface area contributed by atoms with Crippen LogP contribution in [0.1, 0.15) is 38.2 Å². The van der Waals surface area contributed by atoms with Crippen molar-refractivity contribution >= 4 is 5.96 Å². The number of nitrogens with zero attached hydrogens (tertiary/aromatic N) is 3. The molecule has 24 heavy (non-hydrogen) atoms. The standard InChI is InChI=1S/C19H27N5/c1-3-19(10-6-11-19)15-22-18(20-2)21-14-16-8-4-5-9-17(16)24-13-7-12-23-24/h4-5,7-9,12-13H,3,6,10-11,14-15H2,1-2H3,(H2,20,21,22). The first-order chi connectivity index (χ1) is 11.8. The first-order valence-electron chi connectivity index (χ1n) is 8.79. The molecule has 0 spiro atoms. The molecule has 128 valence electrons. The van der Waals surface area contributed by atoms with Crippen LogP contribution in [0.2, 0.25) is 0 Å². The molecule has 0 amide bonds. The predicted octanol–water partition coefficient (Wildman–Crippen LogP) is 3.12. The second-order valence-electron chi connectivity index (χ2n) is 6.57. The molecule has 1 heterocycles. The number of rotatable bonds is 6. The van der Waals surface area contributed by atoms with Gasteiger partial charge in [0.2, 0.25) is 0 Å². The average Bonchev–Trinajstić information content (AvgIpc) is 3.11. The molecule has 2 N–H and O–H groups in total. The summed E-state index contributed by atoms with van der Waals surface area (Å²) in [4.78, 5) is 4.36. The Morgan fingerprint density at radius 1 is 1.25 bits per heavy atom. The van der Waals surface area contributed by atoms with E-state index in [0.717, 1.165) is 24.7 Å². The van der Waals surface area contributed by atoms with Crippen molar-refractivity contribution in [2.45, 2.75) is 39.2 Å². The van der Waals surface area contributed by atoms with E-state index < -0.39 is 0 Å². The van der Waals surface area contributed by atoms with Crippen LogP contribution in [0.5, 0.6) is 0 Å². The summed E-state index contributed by atoms with van der Waals surface area (Å²) in [7, 11) is 1.83. The molecule has 2 aromatic rings. The van der Waals surface area contributed by atoms with E-state index in [9.17, 15) is 0 Å². The van der Waals surface area contributed by atoms with Gasteiger partial charge < -0.3 is 10.6 Å². The highest BCUT2D eigenvalue weighted by molar-refractivity contribution is 5.79. The molecule has 0 aliphatic heterocycles. The number of hydrogen-bond acceptors (Lipinski definition) is 2. The minimum absolute atomic E-state index is 0.477. The van der Waals surface area contributed by atoms with Gasteiger partial charge in [0.1, 0.15) is 0 Å². The molecule has 1 fully saturated rings. The third kappa shape index (κ3) is 3.61. The van der Waals surface area contributed by atoms with Crippen molar-refractivity contribution in [3.63, 3.8) is 0 Å². The van der Waals surface area contributed by atoms with Crippen LogP contribution in [0.4, 0.5) is 0 Å². The number of para-hydroxylation sites is 1. The Morgan fingerprint density at radius 3 is 2.71 bits per heavy atom. The lowest BCUT2D eigenvalue weighted by atomic mass is 9.67. The lowest BCUT2D eigenvalue weighted by Gasteiger charge is -2.41. The first-order valence-corrected chi connectivity index (χ1v) is 8.79. The topological polar surface area (TPSA) is 54.2 Å². The van der Waals surface area contributed by atoms with E-state index in [1.165, 1.54) is 31.2 Å². The Kier molecular flexibility index (Phi) is 5.18. The van der Waals surface area contributed by atoms with E-state index in [2.05, 4.69) is 45.8 Å². The fourth-order valence-electron chi connectivity index (χ4n) is 3.30. The Balaban J connectivity index is 1.60. The van der Waals surface area contributed by atoms with Crippen LogP contribution in [-0.2, 0) is 6.54 Å². The molecular formula is C19H27N5. The van der Waals surface area contributed by atoms with Gasteiger partial charge in [-0.1, -0.05) is 31.5 Å².